The van der Waals surface area contributed by atoms with Crippen LogP contribution >= 0.6 is 0 Å². The molecule has 1 saturated heterocycles. The van der Waals surface area contributed by atoms with Crippen molar-refractivity contribution < 1.29 is 19.2 Å². The van der Waals surface area contributed by atoms with Gasteiger partial charge in [-0.25, -0.2) is 4.79 Å². The maximum Gasteiger partial charge on any atom is 0.410 e. The van der Waals surface area contributed by atoms with E-state index < -0.39 is 11.2 Å². The number of nitrogens with one attached hydrogen (secondary N) is 1. The van der Waals surface area contributed by atoms with Crippen molar-refractivity contribution in [1.82, 2.24) is 10.2 Å². The van der Waals surface area contributed by atoms with Crippen LogP contribution in [0.4, 0.5) is 4.79 Å². The second-order valence-corrected chi connectivity index (χ2v) is 10.6. The Kier molecular flexibility index (Phi) is 6.35. The van der Waals surface area contributed by atoms with Crippen molar-refractivity contribution in [2.24, 2.45) is 5.16 Å². The minimum Gasteiger partial charge on any atom is -0.444 e. The first-order chi connectivity index (χ1) is 14.4. The largest absolute Gasteiger partial charge is 0.444 e. The van der Waals surface area contributed by atoms with Crippen molar-refractivity contribution in [2.45, 2.75) is 84.0 Å². The van der Waals surface area contributed by atoms with Gasteiger partial charge < -0.3 is 19.8 Å². The summed E-state index contributed by atoms with van der Waals surface area (Å²) in [7, 11) is 0. The van der Waals surface area contributed by atoms with Gasteiger partial charge >= 0.3 is 6.09 Å². The summed E-state index contributed by atoms with van der Waals surface area (Å²) < 4.78 is 5.44. The Morgan fingerprint density at radius 3 is 2.26 bits per heavy atom. The molecular formula is C24H35N3O4. The van der Waals surface area contributed by atoms with Crippen LogP contribution in [0.5, 0.6) is 0 Å². The molecule has 2 aliphatic heterocycles. The van der Waals surface area contributed by atoms with Crippen molar-refractivity contribution in [2.75, 3.05) is 13.1 Å². The van der Waals surface area contributed by atoms with E-state index in [0.717, 1.165) is 5.56 Å². The molecule has 3 rings (SSSR count). The molecule has 0 saturated carbocycles. The number of oxime groups is 1. The molecule has 1 N–H and O–H groups in total. The fourth-order valence-corrected chi connectivity index (χ4v) is 3.74. The summed E-state index contributed by atoms with van der Waals surface area (Å²) in [4.78, 5) is 32.2. The highest BCUT2D eigenvalue weighted by Crippen LogP contribution is 2.35. The fourth-order valence-electron chi connectivity index (χ4n) is 3.74. The maximum absolute atomic E-state index is 12.6. The van der Waals surface area contributed by atoms with E-state index in [2.05, 4.69) is 43.4 Å². The van der Waals surface area contributed by atoms with Crippen molar-refractivity contribution in [1.29, 1.82) is 0 Å². The van der Waals surface area contributed by atoms with E-state index in [4.69, 9.17) is 9.57 Å². The molecule has 2 heterocycles. The molecule has 0 atom stereocenters. The van der Waals surface area contributed by atoms with Crippen molar-refractivity contribution in [3.05, 3.63) is 35.4 Å². The average Bonchev–Trinajstić information content (AvgIpc) is 3.08. The lowest BCUT2D eigenvalue weighted by molar-refractivity contribution is -0.115. The SMILES string of the molecule is CC(C)(C)OC(=O)N1CCC2(CC1)CC(C(=O)NCc1ccc(C(C)(C)C)cc1)=NO2. The first kappa shape index (κ1) is 23.1. The lowest BCUT2D eigenvalue weighted by atomic mass is 9.86. The van der Waals surface area contributed by atoms with E-state index in [0.29, 0.717) is 44.6 Å². The number of piperidine rings is 1. The Morgan fingerprint density at radius 1 is 1.10 bits per heavy atom. The molecule has 7 nitrogen and oxygen atoms in total. The molecule has 1 fully saturated rings. The Balaban J connectivity index is 1.47. The summed E-state index contributed by atoms with van der Waals surface area (Å²) in [5.41, 5.74) is 1.80. The van der Waals surface area contributed by atoms with Gasteiger partial charge in [-0.3, -0.25) is 4.79 Å². The van der Waals surface area contributed by atoms with Gasteiger partial charge in [0.05, 0.1) is 0 Å². The van der Waals surface area contributed by atoms with Gasteiger partial charge in [-0.15, -0.1) is 0 Å². The first-order valence-corrected chi connectivity index (χ1v) is 11.0. The number of carbonyl (C=O) groups is 2. The normalized spacial score (nSPS) is 18.4. The van der Waals surface area contributed by atoms with Gasteiger partial charge in [0.2, 0.25) is 0 Å². The van der Waals surface area contributed by atoms with Crippen LogP contribution < -0.4 is 5.32 Å². The third-order valence-corrected chi connectivity index (χ3v) is 5.70. The topological polar surface area (TPSA) is 80.2 Å². The van der Waals surface area contributed by atoms with Crippen LogP contribution in [0.1, 0.15) is 71.9 Å². The summed E-state index contributed by atoms with van der Waals surface area (Å²) in [5.74, 6) is -0.202. The number of benzene rings is 1. The van der Waals surface area contributed by atoms with Crippen LogP contribution in [-0.4, -0.2) is 46.9 Å². The number of carbonyl (C=O) groups excluding carboxylic acids is 2. The fraction of sp³-hybridized carbons (Fsp3) is 0.625. The molecule has 7 heteroatoms. The maximum atomic E-state index is 12.6. The molecule has 0 aromatic heterocycles. The van der Waals surface area contributed by atoms with Crippen LogP contribution in [0.15, 0.2) is 29.4 Å². The third-order valence-electron chi connectivity index (χ3n) is 5.70. The summed E-state index contributed by atoms with van der Waals surface area (Å²) in [5, 5.41) is 7.01. The Morgan fingerprint density at radius 2 is 1.71 bits per heavy atom. The summed E-state index contributed by atoms with van der Waals surface area (Å²) in [6.07, 6.45) is 1.41. The molecule has 2 aliphatic rings. The quantitative estimate of drug-likeness (QED) is 0.783. The van der Waals surface area contributed by atoms with Gasteiger partial charge in [0.1, 0.15) is 16.9 Å². The third kappa shape index (κ3) is 5.99. The van der Waals surface area contributed by atoms with E-state index in [1.807, 2.05) is 32.9 Å². The van der Waals surface area contributed by atoms with Crippen LogP contribution in [0.2, 0.25) is 0 Å². The predicted molar refractivity (Wildman–Crippen MR) is 120 cm³/mol. The molecule has 1 aromatic rings. The number of hydrogen-bond donors (Lipinski definition) is 1. The van der Waals surface area contributed by atoms with E-state index in [9.17, 15) is 9.59 Å². The zero-order chi connectivity index (χ0) is 22.9. The molecule has 1 aromatic carbocycles. The summed E-state index contributed by atoms with van der Waals surface area (Å²) in [6, 6.07) is 8.29. The minimum absolute atomic E-state index is 0.102. The van der Waals surface area contributed by atoms with E-state index in [-0.39, 0.29) is 17.4 Å². The molecule has 0 unspecified atom stereocenters. The van der Waals surface area contributed by atoms with Gasteiger partial charge in [-0.05, 0) is 37.3 Å². The van der Waals surface area contributed by atoms with Crippen molar-refractivity contribution in [3.63, 3.8) is 0 Å². The molecule has 1 spiro atoms. The molecule has 0 radical (unpaired) electrons. The molecular weight excluding hydrogens is 394 g/mol. The smallest absolute Gasteiger partial charge is 0.410 e. The molecule has 0 bridgehead atoms. The Bertz CT molecular complexity index is 839. The highest BCUT2D eigenvalue weighted by Gasteiger charge is 2.45. The lowest BCUT2D eigenvalue weighted by Gasteiger charge is -2.37. The monoisotopic (exact) mass is 429 g/mol. The molecule has 31 heavy (non-hydrogen) atoms. The Labute approximate surface area is 185 Å². The van der Waals surface area contributed by atoms with Gasteiger partial charge in [0.15, 0.2) is 0 Å². The average molecular weight is 430 g/mol. The second kappa shape index (κ2) is 8.52. The number of nitrogens with zero attached hydrogens (tertiary/aromatic N) is 2. The number of rotatable bonds is 3. The van der Waals surface area contributed by atoms with E-state index in [1.54, 1.807) is 4.90 Å². The number of ether oxygens (including phenoxy) is 1. The van der Waals surface area contributed by atoms with E-state index >= 15 is 0 Å². The summed E-state index contributed by atoms with van der Waals surface area (Å²) >= 11 is 0. The van der Waals surface area contributed by atoms with Gasteiger partial charge in [-0.1, -0.05) is 50.2 Å². The number of hydrogen-bond acceptors (Lipinski definition) is 5. The molecule has 2 amide bonds. The molecule has 170 valence electrons. The van der Waals surface area contributed by atoms with Crippen LogP contribution in [0, 0.1) is 0 Å². The first-order valence-electron chi connectivity index (χ1n) is 11.0. The summed E-state index contributed by atoms with van der Waals surface area (Å²) in [6.45, 7) is 13.6. The predicted octanol–water partition coefficient (Wildman–Crippen LogP) is 4.15. The zero-order valence-electron chi connectivity index (χ0n) is 19.6. The van der Waals surface area contributed by atoms with Crippen LogP contribution in [0.3, 0.4) is 0 Å². The number of amides is 2. The molecule has 0 aliphatic carbocycles. The van der Waals surface area contributed by atoms with Crippen LogP contribution in [-0.2, 0) is 26.3 Å². The van der Waals surface area contributed by atoms with Crippen LogP contribution in [0.25, 0.3) is 0 Å². The zero-order valence-corrected chi connectivity index (χ0v) is 19.6. The lowest BCUT2D eigenvalue weighted by Crippen LogP contribution is -2.48. The minimum atomic E-state index is -0.516. The highest BCUT2D eigenvalue weighted by molar-refractivity contribution is 6.39. The highest BCUT2D eigenvalue weighted by atomic mass is 16.7. The second-order valence-electron chi connectivity index (χ2n) is 10.6. The van der Waals surface area contributed by atoms with E-state index in [1.165, 1.54) is 5.56 Å². The van der Waals surface area contributed by atoms with Gasteiger partial charge in [0, 0.05) is 38.9 Å². The van der Waals surface area contributed by atoms with Gasteiger partial charge in [-0.2, -0.15) is 0 Å². The van der Waals surface area contributed by atoms with Gasteiger partial charge in [0.25, 0.3) is 5.91 Å². The number of likely N-dealkylation sites (tertiary alicyclic amines) is 1. The van der Waals surface area contributed by atoms with Crippen molar-refractivity contribution in [3.8, 4) is 0 Å². The standard InChI is InChI=1S/C24H35N3O4/c1-22(2,3)18-9-7-17(8-10-18)16-25-20(28)19-15-24(31-26-19)11-13-27(14-12-24)21(29)30-23(4,5)6/h7-10H,11-16H2,1-6H3,(H,25,28). The Hall–Kier alpha value is -2.57. The van der Waals surface area contributed by atoms with Crippen molar-refractivity contribution >= 4 is 17.7 Å².